The lowest BCUT2D eigenvalue weighted by Crippen LogP contribution is -2.48. The lowest BCUT2D eigenvalue weighted by molar-refractivity contribution is -0.138. The smallest absolute Gasteiger partial charge is 0.348 e. The number of halogens is 3. The fourth-order valence-corrected chi connectivity index (χ4v) is 4.56. The van der Waals surface area contributed by atoms with Gasteiger partial charge in [-0.1, -0.05) is 0 Å². The van der Waals surface area contributed by atoms with Crippen molar-refractivity contribution in [1.29, 1.82) is 0 Å². The molecule has 0 radical (unpaired) electrons. The molecule has 0 spiro atoms. The second kappa shape index (κ2) is 5.66. The summed E-state index contributed by atoms with van der Waals surface area (Å²) in [6.07, 6.45) is -3.84. The molecule has 0 aliphatic carbocycles. The molecule has 1 fully saturated rings. The highest BCUT2D eigenvalue weighted by Crippen LogP contribution is 2.28. The van der Waals surface area contributed by atoms with Gasteiger partial charge >= 0.3 is 6.18 Å². The van der Waals surface area contributed by atoms with Gasteiger partial charge in [0.15, 0.2) is 9.84 Å². The Hall–Kier alpha value is -1.84. The van der Waals surface area contributed by atoms with Crippen LogP contribution in [0.5, 0.6) is 0 Å². The summed E-state index contributed by atoms with van der Waals surface area (Å²) in [5, 5.41) is 2.49. The molecule has 10 heteroatoms. The Morgan fingerprint density at radius 1 is 1.39 bits per heavy atom. The minimum atomic E-state index is -4.63. The molecule has 2 heterocycles. The second-order valence-electron chi connectivity index (χ2n) is 5.83. The molecule has 0 aromatic carbocycles. The minimum Gasteiger partial charge on any atom is -0.348 e. The Balaban J connectivity index is 2.14. The standard InChI is InChI=1S/C13H15F3N2O4S/c1-12(4-5-23(21,22)8-12)17-10(19)7-18-6-9(13(14,15)16)2-3-11(18)20/h2-3,6H,4-5,7-8H2,1H3,(H,17,19)/t12-/m1/s1. The maximum Gasteiger partial charge on any atom is 0.417 e. The molecular weight excluding hydrogens is 337 g/mol. The Kier molecular flexibility index (Phi) is 4.31. The first kappa shape index (κ1) is 17.5. The molecular formula is C13H15F3N2O4S. The van der Waals surface area contributed by atoms with Crippen LogP contribution in [0.4, 0.5) is 13.2 Å². The van der Waals surface area contributed by atoms with Gasteiger partial charge in [0.1, 0.15) is 6.54 Å². The highest BCUT2D eigenvalue weighted by atomic mass is 32.2. The monoisotopic (exact) mass is 352 g/mol. The van der Waals surface area contributed by atoms with Crippen LogP contribution in [0.3, 0.4) is 0 Å². The molecule has 1 saturated heterocycles. The molecule has 0 bridgehead atoms. The molecule has 1 N–H and O–H groups in total. The SMILES string of the molecule is C[C@@]1(NC(=O)Cn2cc(C(F)(F)F)ccc2=O)CCS(=O)(=O)C1. The van der Waals surface area contributed by atoms with Crippen molar-refractivity contribution in [3.63, 3.8) is 0 Å². The first-order valence-electron chi connectivity index (χ1n) is 6.69. The van der Waals surface area contributed by atoms with Gasteiger partial charge in [-0.15, -0.1) is 0 Å². The molecule has 0 unspecified atom stereocenters. The lowest BCUT2D eigenvalue weighted by Gasteiger charge is -2.24. The topological polar surface area (TPSA) is 85.2 Å². The van der Waals surface area contributed by atoms with Gasteiger partial charge in [-0.25, -0.2) is 8.42 Å². The van der Waals surface area contributed by atoms with E-state index >= 15 is 0 Å². The number of rotatable bonds is 3. The van der Waals surface area contributed by atoms with E-state index in [1.54, 1.807) is 6.92 Å². The summed E-state index contributed by atoms with van der Waals surface area (Å²) in [4.78, 5) is 23.5. The minimum absolute atomic E-state index is 0.0622. The zero-order valence-corrected chi connectivity index (χ0v) is 13.0. The summed E-state index contributed by atoms with van der Waals surface area (Å²) in [5.41, 5.74) is -2.77. The van der Waals surface area contributed by atoms with Crippen molar-refractivity contribution in [2.75, 3.05) is 11.5 Å². The molecule has 1 aliphatic rings. The molecule has 128 valence electrons. The average molecular weight is 352 g/mol. The Bertz CT molecular complexity index is 785. The highest BCUT2D eigenvalue weighted by molar-refractivity contribution is 7.91. The van der Waals surface area contributed by atoms with Crippen LogP contribution in [0.15, 0.2) is 23.1 Å². The predicted octanol–water partition coefficient (Wildman–Crippen LogP) is 0.560. The van der Waals surface area contributed by atoms with Gasteiger partial charge in [0.25, 0.3) is 5.56 Å². The fraction of sp³-hybridized carbons (Fsp3) is 0.538. The Morgan fingerprint density at radius 3 is 2.57 bits per heavy atom. The van der Waals surface area contributed by atoms with Crippen LogP contribution in [-0.2, 0) is 27.4 Å². The first-order chi connectivity index (χ1) is 10.4. The number of pyridine rings is 1. The number of amides is 1. The molecule has 1 aromatic heterocycles. The first-order valence-corrected chi connectivity index (χ1v) is 8.52. The van der Waals surface area contributed by atoms with Gasteiger partial charge in [0, 0.05) is 12.3 Å². The number of carbonyl (C=O) groups excluding carboxylic acids is 1. The van der Waals surface area contributed by atoms with Crippen molar-refractivity contribution in [2.24, 2.45) is 0 Å². The summed E-state index contributed by atoms with van der Waals surface area (Å²) >= 11 is 0. The van der Waals surface area contributed by atoms with Crippen molar-refractivity contribution in [2.45, 2.75) is 31.6 Å². The van der Waals surface area contributed by atoms with Gasteiger partial charge in [0.2, 0.25) is 5.91 Å². The Morgan fingerprint density at radius 2 is 2.04 bits per heavy atom. The second-order valence-corrected chi connectivity index (χ2v) is 8.02. The number of sulfone groups is 1. The van der Waals surface area contributed by atoms with E-state index in [1.165, 1.54) is 0 Å². The zero-order chi connectivity index (χ0) is 17.5. The average Bonchev–Trinajstić information content (AvgIpc) is 2.64. The Labute approximate surface area is 130 Å². The third kappa shape index (κ3) is 4.34. The quantitative estimate of drug-likeness (QED) is 0.861. The van der Waals surface area contributed by atoms with Crippen LogP contribution >= 0.6 is 0 Å². The third-order valence-electron chi connectivity index (χ3n) is 3.57. The number of hydrogen-bond donors (Lipinski definition) is 1. The predicted molar refractivity (Wildman–Crippen MR) is 75.5 cm³/mol. The molecule has 1 aromatic rings. The summed E-state index contributed by atoms with van der Waals surface area (Å²) in [6.45, 7) is 0.933. The molecule has 1 amide bonds. The zero-order valence-electron chi connectivity index (χ0n) is 12.2. The third-order valence-corrected chi connectivity index (χ3v) is 5.47. The van der Waals surface area contributed by atoms with Crippen LogP contribution in [0.1, 0.15) is 18.9 Å². The van der Waals surface area contributed by atoms with E-state index in [0.717, 1.165) is 6.07 Å². The van der Waals surface area contributed by atoms with Crippen LogP contribution in [0.2, 0.25) is 0 Å². The van der Waals surface area contributed by atoms with Crippen LogP contribution < -0.4 is 10.9 Å². The number of carbonyl (C=O) groups is 1. The molecule has 2 rings (SSSR count). The number of hydrogen-bond acceptors (Lipinski definition) is 4. The van der Waals surface area contributed by atoms with E-state index < -0.39 is 45.1 Å². The lowest BCUT2D eigenvalue weighted by atomic mass is 10.0. The molecule has 6 nitrogen and oxygen atoms in total. The molecule has 1 aliphatic heterocycles. The summed E-state index contributed by atoms with van der Waals surface area (Å²) in [5.74, 6) is -1.01. The van der Waals surface area contributed by atoms with Crippen LogP contribution in [0.25, 0.3) is 0 Å². The normalized spacial score (nSPS) is 23.7. The van der Waals surface area contributed by atoms with Crippen molar-refractivity contribution in [3.05, 3.63) is 34.2 Å². The van der Waals surface area contributed by atoms with Crippen molar-refractivity contribution >= 4 is 15.7 Å². The van der Waals surface area contributed by atoms with E-state index in [2.05, 4.69) is 5.32 Å². The maximum atomic E-state index is 12.6. The number of aromatic nitrogens is 1. The van der Waals surface area contributed by atoms with E-state index in [-0.39, 0.29) is 17.9 Å². The number of nitrogens with one attached hydrogen (secondary N) is 1. The molecule has 1 atom stereocenters. The van der Waals surface area contributed by atoms with E-state index in [9.17, 15) is 31.2 Å². The van der Waals surface area contributed by atoms with Crippen molar-refractivity contribution in [3.8, 4) is 0 Å². The summed E-state index contributed by atoms with van der Waals surface area (Å²) in [7, 11) is -3.24. The van der Waals surface area contributed by atoms with E-state index in [4.69, 9.17) is 0 Å². The number of nitrogens with zero attached hydrogens (tertiary/aromatic N) is 1. The fourth-order valence-electron chi connectivity index (χ4n) is 2.46. The largest absolute Gasteiger partial charge is 0.417 e. The molecule has 23 heavy (non-hydrogen) atoms. The van der Waals surface area contributed by atoms with Gasteiger partial charge in [-0.3, -0.25) is 9.59 Å². The van der Waals surface area contributed by atoms with Gasteiger partial charge < -0.3 is 9.88 Å². The molecule has 0 saturated carbocycles. The summed E-state index contributed by atoms with van der Waals surface area (Å²) in [6, 6.07) is 1.37. The van der Waals surface area contributed by atoms with Gasteiger partial charge in [-0.05, 0) is 19.4 Å². The van der Waals surface area contributed by atoms with Gasteiger partial charge in [-0.2, -0.15) is 13.2 Å². The maximum absolute atomic E-state index is 12.6. The van der Waals surface area contributed by atoms with Crippen molar-refractivity contribution < 1.29 is 26.4 Å². The van der Waals surface area contributed by atoms with Crippen LogP contribution in [-0.4, -0.2) is 35.9 Å². The van der Waals surface area contributed by atoms with E-state index in [1.807, 2.05) is 0 Å². The van der Waals surface area contributed by atoms with E-state index in [0.29, 0.717) is 16.8 Å². The highest BCUT2D eigenvalue weighted by Gasteiger charge is 2.39. The van der Waals surface area contributed by atoms with Gasteiger partial charge in [0.05, 0.1) is 22.6 Å². The van der Waals surface area contributed by atoms with Crippen LogP contribution in [0, 0.1) is 0 Å². The number of alkyl halides is 3. The van der Waals surface area contributed by atoms with Crippen molar-refractivity contribution in [1.82, 2.24) is 9.88 Å². The summed E-state index contributed by atoms with van der Waals surface area (Å²) < 4.78 is 61.5.